The van der Waals surface area contributed by atoms with E-state index in [1.807, 2.05) is 30.3 Å². The maximum absolute atomic E-state index is 11.8. The number of hydrogen-bond donors (Lipinski definition) is 2. The van der Waals surface area contributed by atoms with Crippen molar-refractivity contribution in [3.05, 3.63) is 66.0 Å². The van der Waals surface area contributed by atoms with Crippen LogP contribution in [0.25, 0.3) is 0 Å². The fourth-order valence-corrected chi connectivity index (χ4v) is 2.96. The van der Waals surface area contributed by atoms with Crippen molar-refractivity contribution in [3.8, 4) is 0 Å². The maximum Gasteiger partial charge on any atom is 0.317 e. The van der Waals surface area contributed by atoms with Gasteiger partial charge in [-0.2, -0.15) is 0 Å². The maximum atomic E-state index is 11.8. The number of carboxylic acids is 1. The number of aromatic nitrogens is 1. The van der Waals surface area contributed by atoms with Crippen molar-refractivity contribution in [2.45, 2.75) is 23.8 Å². The highest BCUT2D eigenvalue weighted by molar-refractivity contribution is 5.88. The Hall–Kier alpha value is -2.20. The molecule has 1 saturated carbocycles. The molecule has 1 aromatic carbocycles. The number of nitrogens with zero attached hydrogens (tertiary/aromatic N) is 1. The summed E-state index contributed by atoms with van der Waals surface area (Å²) in [5, 5.41) is 9.65. The lowest BCUT2D eigenvalue weighted by molar-refractivity contribution is -0.140. The van der Waals surface area contributed by atoms with E-state index in [1.165, 1.54) is 0 Å². The number of aliphatic carboxylic acids is 1. The Kier molecular flexibility index (Phi) is 2.83. The lowest BCUT2D eigenvalue weighted by Crippen LogP contribution is -2.40. The van der Waals surface area contributed by atoms with Gasteiger partial charge in [-0.25, -0.2) is 0 Å². The first-order chi connectivity index (χ1) is 9.58. The van der Waals surface area contributed by atoms with E-state index in [1.54, 1.807) is 24.4 Å². The smallest absolute Gasteiger partial charge is 0.317 e. The van der Waals surface area contributed by atoms with Gasteiger partial charge < -0.3 is 10.8 Å². The van der Waals surface area contributed by atoms with Crippen LogP contribution in [0.5, 0.6) is 0 Å². The molecule has 2 unspecified atom stereocenters. The van der Waals surface area contributed by atoms with Gasteiger partial charge in [-0.15, -0.1) is 0 Å². The molecular weight excluding hydrogens is 252 g/mol. The summed E-state index contributed by atoms with van der Waals surface area (Å²) in [4.78, 5) is 16.0. The normalized spacial score (nSPS) is 28.1. The molecule has 3 N–H and O–H groups in total. The molecule has 1 aliphatic rings. The number of hydrogen-bond acceptors (Lipinski definition) is 3. The summed E-state index contributed by atoms with van der Waals surface area (Å²) in [7, 11) is 0. The Morgan fingerprint density at radius 1 is 1.20 bits per heavy atom. The summed E-state index contributed by atoms with van der Waals surface area (Å²) in [6.07, 6.45) is 2.57. The number of carbonyl (C=O) groups is 1. The molecule has 1 aromatic heterocycles. The van der Waals surface area contributed by atoms with Crippen LogP contribution in [0.2, 0.25) is 0 Å². The van der Waals surface area contributed by atoms with E-state index in [9.17, 15) is 9.90 Å². The van der Waals surface area contributed by atoms with Gasteiger partial charge in [-0.1, -0.05) is 36.4 Å². The molecule has 1 fully saturated rings. The van der Waals surface area contributed by atoms with E-state index in [0.717, 1.165) is 5.56 Å². The fourth-order valence-electron chi connectivity index (χ4n) is 2.96. The van der Waals surface area contributed by atoms with Crippen LogP contribution in [-0.2, 0) is 16.6 Å². The predicted molar refractivity (Wildman–Crippen MR) is 75.2 cm³/mol. The van der Waals surface area contributed by atoms with Gasteiger partial charge in [0.05, 0.1) is 5.69 Å². The third kappa shape index (κ3) is 1.80. The van der Waals surface area contributed by atoms with Gasteiger partial charge in [0.15, 0.2) is 0 Å². The highest BCUT2D eigenvalue weighted by Gasteiger charge is 2.72. The Morgan fingerprint density at radius 2 is 1.90 bits per heavy atom. The van der Waals surface area contributed by atoms with E-state index < -0.39 is 16.9 Å². The number of benzene rings is 1. The zero-order chi connectivity index (χ0) is 14.2. The topological polar surface area (TPSA) is 76.2 Å². The molecule has 0 saturated heterocycles. The molecule has 0 aliphatic heterocycles. The molecule has 0 amide bonds. The van der Waals surface area contributed by atoms with E-state index >= 15 is 0 Å². The highest BCUT2D eigenvalue weighted by atomic mass is 16.4. The predicted octanol–water partition coefficient (Wildman–Crippen LogP) is 1.75. The van der Waals surface area contributed by atoms with Crippen molar-refractivity contribution in [1.29, 1.82) is 0 Å². The minimum atomic E-state index is -1.07. The zero-order valence-electron chi connectivity index (χ0n) is 11.0. The van der Waals surface area contributed by atoms with E-state index in [-0.39, 0.29) is 0 Å². The summed E-state index contributed by atoms with van der Waals surface area (Å²) < 4.78 is 0. The summed E-state index contributed by atoms with van der Waals surface area (Å²) in [6, 6.07) is 15.1. The molecule has 0 bridgehead atoms. The van der Waals surface area contributed by atoms with Crippen LogP contribution >= 0.6 is 0 Å². The second-order valence-electron chi connectivity index (χ2n) is 5.42. The molecule has 102 valence electrons. The minimum Gasteiger partial charge on any atom is -0.480 e. The molecule has 0 radical (unpaired) electrons. The number of carboxylic acid groups (broad SMARTS) is 1. The SMILES string of the molecule is NC1(Cc2ccccc2)CC1(C(=O)O)c1ccccn1. The molecule has 2 aromatic rings. The van der Waals surface area contributed by atoms with Gasteiger partial charge in [0.25, 0.3) is 0 Å². The molecule has 1 aliphatic carbocycles. The average molecular weight is 268 g/mol. The van der Waals surface area contributed by atoms with E-state index in [2.05, 4.69) is 4.98 Å². The monoisotopic (exact) mass is 268 g/mol. The fraction of sp³-hybridized carbons (Fsp3) is 0.250. The molecule has 2 atom stereocenters. The van der Waals surface area contributed by atoms with Crippen LogP contribution < -0.4 is 5.73 Å². The number of pyridine rings is 1. The molecule has 4 heteroatoms. The standard InChI is InChI=1S/C16H16N2O2/c17-15(10-12-6-2-1-3-7-12)11-16(15,14(19)20)13-8-4-5-9-18-13/h1-9H,10-11,17H2,(H,19,20). The van der Waals surface area contributed by atoms with Crippen LogP contribution in [-0.4, -0.2) is 21.6 Å². The molecule has 20 heavy (non-hydrogen) atoms. The Balaban J connectivity index is 1.95. The summed E-state index contributed by atoms with van der Waals surface area (Å²) in [6.45, 7) is 0. The van der Waals surface area contributed by atoms with Crippen molar-refractivity contribution in [2.75, 3.05) is 0 Å². The van der Waals surface area contributed by atoms with Crippen molar-refractivity contribution in [3.63, 3.8) is 0 Å². The first-order valence-corrected chi connectivity index (χ1v) is 6.56. The van der Waals surface area contributed by atoms with Gasteiger partial charge in [-0.05, 0) is 30.5 Å². The van der Waals surface area contributed by atoms with Crippen LogP contribution in [0.4, 0.5) is 0 Å². The van der Waals surface area contributed by atoms with Gasteiger partial charge in [0.2, 0.25) is 0 Å². The highest BCUT2D eigenvalue weighted by Crippen LogP contribution is 2.57. The number of rotatable bonds is 4. The number of nitrogens with two attached hydrogens (primary N) is 1. The third-order valence-electron chi connectivity index (χ3n) is 4.14. The van der Waals surface area contributed by atoms with Crippen molar-refractivity contribution < 1.29 is 9.90 Å². The third-order valence-corrected chi connectivity index (χ3v) is 4.14. The zero-order valence-corrected chi connectivity index (χ0v) is 11.0. The van der Waals surface area contributed by atoms with E-state index in [0.29, 0.717) is 18.5 Å². The second-order valence-corrected chi connectivity index (χ2v) is 5.42. The van der Waals surface area contributed by atoms with Gasteiger partial charge in [0, 0.05) is 11.7 Å². The second kappa shape index (κ2) is 4.42. The summed E-state index contributed by atoms with van der Waals surface area (Å²) >= 11 is 0. The first-order valence-electron chi connectivity index (χ1n) is 6.56. The molecule has 0 spiro atoms. The van der Waals surface area contributed by atoms with Crippen molar-refractivity contribution in [1.82, 2.24) is 4.98 Å². The minimum absolute atomic E-state index is 0.418. The Bertz CT molecular complexity index is 629. The summed E-state index contributed by atoms with van der Waals surface area (Å²) in [5.41, 5.74) is 6.13. The summed E-state index contributed by atoms with van der Waals surface area (Å²) in [5.74, 6) is -0.894. The lowest BCUT2D eigenvalue weighted by atomic mass is 9.91. The molecule has 1 heterocycles. The Labute approximate surface area is 117 Å². The van der Waals surface area contributed by atoms with E-state index in [4.69, 9.17) is 5.73 Å². The van der Waals surface area contributed by atoms with Crippen LogP contribution in [0.15, 0.2) is 54.7 Å². The van der Waals surface area contributed by atoms with Crippen LogP contribution in [0.1, 0.15) is 17.7 Å². The van der Waals surface area contributed by atoms with Crippen molar-refractivity contribution in [2.24, 2.45) is 5.73 Å². The molecular formula is C16H16N2O2. The van der Waals surface area contributed by atoms with Crippen LogP contribution in [0, 0.1) is 0 Å². The largest absolute Gasteiger partial charge is 0.480 e. The molecule has 4 nitrogen and oxygen atoms in total. The van der Waals surface area contributed by atoms with Crippen LogP contribution in [0.3, 0.4) is 0 Å². The van der Waals surface area contributed by atoms with Crippen molar-refractivity contribution >= 4 is 5.97 Å². The first kappa shape index (κ1) is 12.8. The Morgan fingerprint density at radius 3 is 2.50 bits per heavy atom. The lowest BCUT2D eigenvalue weighted by Gasteiger charge is -2.18. The van der Waals surface area contributed by atoms with Gasteiger partial charge in [0.1, 0.15) is 5.41 Å². The average Bonchev–Trinajstić information content (AvgIpc) is 3.08. The molecule has 3 rings (SSSR count). The van der Waals surface area contributed by atoms with Gasteiger partial charge >= 0.3 is 5.97 Å². The quantitative estimate of drug-likeness (QED) is 0.885. The van der Waals surface area contributed by atoms with Gasteiger partial charge in [-0.3, -0.25) is 9.78 Å².